The van der Waals surface area contributed by atoms with Crippen LogP contribution in [-0.4, -0.2) is 34.8 Å². The quantitative estimate of drug-likeness (QED) is 0.792. The van der Waals surface area contributed by atoms with E-state index in [4.69, 9.17) is 11.6 Å². The molecular formula is C19H24ClN3O3. The molecule has 1 aromatic rings. The van der Waals surface area contributed by atoms with Crippen LogP contribution in [0.15, 0.2) is 12.1 Å². The zero-order valence-electron chi connectivity index (χ0n) is 15.3. The fraction of sp³-hybridized carbons (Fsp3) is 0.526. The van der Waals surface area contributed by atoms with Gasteiger partial charge >= 0.3 is 6.03 Å². The van der Waals surface area contributed by atoms with Gasteiger partial charge in [-0.2, -0.15) is 0 Å². The number of urea groups is 1. The van der Waals surface area contributed by atoms with E-state index in [1.807, 2.05) is 26.8 Å². The summed E-state index contributed by atoms with van der Waals surface area (Å²) in [5, 5.41) is 6.02. The molecule has 1 heterocycles. The molecule has 26 heavy (non-hydrogen) atoms. The maximum atomic E-state index is 12.9. The van der Waals surface area contributed by atoms with Crippen molar-refractivity contribution in [3.05, 3.63) is 28.3 Å². The molecule has 2 fully saturated rings. The Balaban J connectivity index is 1.74. The maximum absolute atomic E-state index is 12.9. The normalized spacial score (nSPS) is 25.5. The van der Waals surface area contributed by atoms with Crippen LogP contribution in [-0.2, 0) is 9.59 Å². The predicted molar refractivity (Wildman–Crippen MR) is 100 cm³/mol. The highest BCUT2D eigenvalue weighted by atomic mass is 35.5. The van der Waals surface area contributed by atoms with E-state index in [1.54, 1.807) is 6.07 Å². The summed E-state index contributed by atoms with van der Waals surface area (Å²) in [6, 6.07) is 3.18. The largest absolute Gasteiger partial charge is 0.325 e. The summed E-state index contributed by atoms with van der Waals surface area (Å²) >= 11 is 6.21. The number of hydrogen-bond donors (Lipinski definition) is 2. The molecule has 3 rings (SSSR count). The minimum atomic E-state index is -0.854. The van der Waals surface area contributed by atoms with Gasteiger partial charge in [-0.05, 0) is 49.8 Å². The summed E-state index contributed by atoms with van der Waals surface area (Å²) in [4.78, 5) is 38.7. The number of nitrogens with zero attached hydrogens (tertiary/aromatic N) is 1. The zero-order chi connectivity index (χ0) is 19.1. The van der Waals surface area contributed by atoms with Gasteiger partial charge < -0.3 is 10.6 Å². The maximum Gasteiger partial charge on any atom is 0.325 e. The first-order valence-electron chi connectivity index (χ1n) is 8.95. The van der Waals surface area contributed by atoms with Crippen molar-refractivity contribution >= 4 is 35.1 Å². The third-order valence-electron chi connectivity index (χ3n) is 5.50. The van der Waals surface area contributed by atoms with Gasteiger partial charge in [-0.15, -0.1) is 0 Å². The van der Waals surface area contributed by atoms with Crippen molar-refractivity contribution in [3.63, 3.8) is 0 Å². The molecule has 1 saturated carbocycles. The second-order valence-corrected chi connectivity index (χ2v) is 7.83. The lowest BCUT2D eigenvalue weighted by Crippen LogP contribution is -2.54. The molecule has 0 unspecified atom stereocenters. The molecule has 1 spiro atoms. The van der Waals surface area contributed by atoms with Gasteiger partial charge in [0.2, 0.25) is 5.91 Å². The molecule has 0 aromatic heterocycles. The number of anilines is 1. The third kappa shape index (κ3) is 3.18. The van der Waals surface area contributed by atoms with Gasteiger partial charge in [-0.1, -0.05) is 37.4 Å². The van der Waals surface area contributed by atoms with E-state index in [0.717, 1.165) is 35.3 Å². The monoisotopic (exact) mass is 377 g/mol. The highest BCUT2D eigenvalue weighted by Crippen LogP contribution is 2.38. The van der Waals surface area contributed by atoms with Crippen molar-refractivity contribution in [1.29, 1.82) is 0 Å². The Morgan fingerprint density at radius 1 is 1.35 bits per heavy atom. The summed E-state index contributed by atoms with van der Waals surface area (Å²) in [6.45, 7) is 5.43. The molecule has 1 aliphatic heterocycles. The van der Waals surface area contributed by atoms with Gasteiger partial charge in [0.05, 0.1) is 10.7 Å². The molecule has 1 aliphatic carbocycles. The number of amides is 4. The topological polar surface area (TPSA) is 78.5 Å². The number of carbonyl (C=O) groups excluding carboxylic acids is 3. The van der Waals surface area contributed by atoms with Gasteiger partial charge in [0.1, 0.15) is 12.1 Å². The fourth-order valence-corrected chi connectivity index (χ4v) is 4.40. The fourth-order valence-electron chi connectivity index (χ4n) is 4.04. The lowest BCUT2D eigenvalue weighted by Gasteiger charge is -2.36. The Bertz CT molecular complexity index is 756. The molecule has 0 bridgehead atoms. The van der Waals surface area contributed by atoms with E-state index in [1.165, 1.54) is 0 Å². The minimum absolute atomic E-state index is 0.0644. The number of benzene rings is 1. The highest BCUT2D eigenvalue weighted by molar-refractivity contribution is 6.34. The molecule has 6 nitrogen and oxygen atoms in total. The van der Waals surface area contributed by atoms with Gasteiger partial charge in [-0.3, -0.25) is 14.5 Å². The average Bonchev–Trinajstić information content (AvgIpc) is 2.79. The van der Waals surface area contributed by atoms with Crippen molar-refractivity contribution in [2.45, 2.75) is 52.0 Å². The van der Waals surface area contributed by atoms with Gasteiger partial charge in [-0.25, -0.2) is 4.79 Å². The Hall–Kier alpha value is -2.08. The molecule has 2 N–H and O–H groups in total. The summed E-state index contributed by atoms with van der Waals surface area (Å²) in [5.74, 6) is -0.672. The number of carbonyl (C=O) groups is 3. The van der Waals surface area contributed by atoms with E-state index < -0.39 is 17.5 Å². The molecule has 140 valence electrons. The summed E-state index contributed by atoms with van der Waals surface area (Å²) in [5.41, 5.74) is 1.48. The van der Waals surface area contributed by atoms with Crippen LogP contribution < -0.4 is 10.6 Å². The minimum Gasteiger partial charge on any atom is -0.323 e. The van der Waals surface area contributed by atoms with E-state index in [-0.39, 0.29) is 18.4 Å². The Morgan fingerprint density at radius 3 is 2.73 bits per heavy atom. The molecule has 1 aromatic carbocycles. The number of imide groups is 1. The molecular weight excluding hydrogens is 354 g/mol. The van der Waals surface area contributed by atoms with Crippen LogP contribution >= 0.6 is 11.6 Å². The molecule has 2 aliphatic rings. The molecule has 7 heteroatoms. The van der Waals surface area contributed by atoms with E-state index in [9.17, 15) is 14.4 Å². The van der Waals surface area contributed by atoms with Crippen LogP contribution in [0, 0.1) is 19.8 Å². The standard InChI is InChI=1S/C19H24ClN3O3/c1-11-8-12(2)16(14(20)9-11)21-15(24)10-23-17(25)19(22-18(23)26)7-5-4-6-13(19)3/h8-9,13H,4-7,10H2,1-3H3,(H,21,24)(H,22,26)/t13-,19-/m0/s1. The number of rotatable bonds is 3. The van der Waals surface area contributed by atoms with Gasteiger partial charge in [0.25, 0.3) is 5.91 Å². The number of hydrogen-bond acceptors (Lipinski definition) is 3. The number of aryl methyl sites for hydroxylation is 2. The predicted octanol–water partition coefficient (Wildman–Crippen LogP) is 3.40. The summed E-state index contributed by atoms with van der Waals surface area (Å²) in [6.07, 6.45) is 3.47. The molecule has 2 atom stereocenters. The number of halogens is 1. The first kappa shape index (κ1) is 18.7. The Kier molecular flexibility index (Phi) is 4.97. The first-order chi connectivity index (χ1) is 12.2. The Labute approximate surface area is 158 Å². The summed E-state index contributed by atoms with van der Waals surface area (Å²) in [7, 11) is 0. The van der Waals surface area contributed by atoms with Crippen molar-refractivity contribution in [1.82, 2.24) is 10.2 Å². The van der Waals surface area contributed by atoms with Crippen molar-refractivity contribution in [2.75, 3.05) is 11.9 Å². The Morgan fingerprint density at radius 2 is 2.08 bits per heavy atom. The zero-order valence-corrected chi connectivity index (χ0v) is 16.1. The number of nitrogens with one attached hydrogen (secondary N) is 2. The van der Waals surface area contributed by atoms with Crippen LogP contribution in [0.3, 0.4) is 0 Å². The average molecular weight is 378 g/mol. The van der Waals surface area contributed by atoms with Crippen LogP contribution in [0.5, 0.6) is 0 Å². The van der Waals surface area contributed by atoms with Crippen molar-refractivity contribution in [3.8, 4) is 0 Å². The third-order valence-corrected chi connectivity index (χ3v) is 5.80. The second-order valence-electron chi connectivity index (χ2n) is 7.43. The van der Waals surface area contributed by atoms with Crippen molar-refractivity contribution < 1.29 is 14.4 Å². The van der Waals surface area contributed by atoms with Crippen LogP contribution in [0.25, 0.3) is 0 Å². The smallest absolute Gasteiger partial charge is 0.323 e. The molecule has 1 saturated heterocycles. The lowest BCUT2D eigenvalue weighted by atomic mass is 9.73. The van der Waals surface area contributed by atoms with Crippen LogP contribution in [0.2, 0.25) is 5.02 Å². The summed E-state index contributed by atoms with van der Waals surface area (Å²) < 4.78 is 0. The molecule has 0 radical (unpaired) electrons. The molecule has 4 amide bonds. The SMILES string of the molecule is Cc1cc(C)c(NC(=O)CN2C(=O)N[C@]3(CCCC[C@@H]3C)C2=O)c(Cl)c1. The first-order valence-corrected chi connectivity index (χ1v) is 9.33. The van der Waals surface area contributed by atoms with Gasteiger partial charge in [0.15, 0.2) is 0 Å². The van der Waals surface area contributed by atoms with Crippen LogP contribution in [0.4, 0.5) is 10.5 Å². The van der Waals surface area contributed by atoms with E-state index in [2.05, 4.69) is 10.6 Å². The second kappa shape index (κ2) is 6.91. The van der Waals surface area contributed by atoms with Gasteiger partial charge in [0, 0.05) is 0 Å². The van der Waals surface area contributed by atoms with E-state index >= 15 is 0 Å². The van der Waals surface area contributed by atoms with Crippen LogP contribution in [0.1, 0.15) is 43.7 Å². The van der Waals surface area contributed by atoms with E-state index in [0.29, 0.717) is 17.1 Å². The highest BCUT2D eigenvalue weighted by Gasteiger charge is 2.55. The van der Waals surface area contributed by atoms with Crippen molar-refractivity contribution in [2.24, 2.45) is 5.92 Å². The lowest BCUT2D eigenvalue weighted by molar-refractivity contribution is -0.136.